The lowest BCUT2D eigenvalue weighted by Gasteiger charge is -2.15. The second-order valence-electron chi connectivity index (χ2n) is 3.80. The minimum atomic E-state index is -0.196. The molecule has 2 aromatic rings. The molecule has 7 nitrogen and oxygen atoms in total. The van der Waals surface area contributed by atoms with Crippen LogP contribution in [0.15, 0.2) is 10.8 Å². The van der Waals surface area contributed by atoms with Gasteiger partial charge in [0, 0.05) is 25.4 Å². The highest BCUT2D eigenvalue weighted by Gasteiger charge is 2.24. The molecule has 0 aliphatic heterocycles. The molecule has 0 aromatic carbocycles. The Morgan fingerprint density at radius 3 is 2.53 bits per heavy atom. The van der Waals surface area contributed by atoms with Gasteiger partial charge in [0.2, 0.25) is 0 Å². The first-order valence-electron chi connectivity index (χ1n) is 5.06. The molecule has 92 valence electrons. The molecule has 0 aliphatic rings. The molecule has 0 aliphatic carbocycles. The molecule has 0 radical (unpaired) electrons. The fourth-order valence-electron chi connectivity index (χ4n) is 1.76. The van der Waals surface area contributed by atoms with Crippen molar-refractivity contribution in [2.24, 2.45) is 19.9 Å². The fraction of sp³-hybridized carbons (Fsp3) is 0.444. The maximum atomic E-state index is 5.64. The van der Waals surface area contributed by atoms with Crippen molar-refractivity contribution < 1.29 is 0 Å². The number of aromatic nitrogens is 5. The van der Waals surface area contributed by atoms with Gasteiger partial charge in [0.25, 0.3) is 0 Å². The standard InChI is InChI=1S/C9H14BrN7/c1-5-6(4-12-16(5)2)7(13-11)8-9(10)14-15-17(8)3/h4,7,13H,11H2,1-3H3. The van der Waals surface area contributed by atoms with Crippen molar-refractivity contribution in [3.63, 3.8) is 0 Å². The number of halogens is 1. The Balaban J connectivity index is 2.51. The number of hydrogen-bond donors (Lipinski definition) is 2. The molecule has 2 heterocycles. The van der Waals surface area contributed by atoms with Crippen LogP contribution in [0.25, 0.3) is 0 Å². The molecule has 8 heteroatoms. The molecule has 0 bridgehead atoms. The number of nitrogens with two attached hydrogens (primary N) is 1. The summed E-state index contributed by atoms with van der Waals surface area (Å²) in [4.78, 5) is 0. The number of nitrogens with one attached hydrogen (secondary N) is 1. The van der Waals surface area contributed by atoms with Gasteiger partial charge in [-0.05, 0) is 22.9 Å². The maximum absolute atomic E-state index is 5.64. The Kier molecular flexibility index (Phi) is 3.27. The molecule has 2 aromatic heterocycles. The van der Waals surface area contributed by atoms with E-state index in [1.807, 2.05) is 21.0 Å². The first-order chi connectivity index (χ1) is 8.06. The van der Waals surface area contributed by atoms with Crippen molar-refractivity contribution in [1.82, 2.24) is 30.2 Å². The van der Waals surface area contributed by atoms with Gasteiger partial charge >= 0.3 is 0 Å². The van der Waals surface area contributed by atoms with E-state index in [0.717, 1.165) is 17.0 Å². The van der Waals surface area contributed by atoms with Gasteiger partial charge in [-0.3, -0.25) is 10.5 Å². The largest absolute Gasteiger partial charge is 0.273 e. The SMILES string of the molecule is Cc1c(C(NN)c2c(Br)nnn2C)cnn1C. The van der Waals surface area contributed by atoms with E-state index in [1.54, 1.807) is 15.6 Å². The highest BCUT2D eigenvalue weighted by molar-refractivity contribution is 9.10. The van der Waals surface area contributed by atoms with Gasteiger partial charge in [-0.25, -0.2) is 10.1 Å². The Bertz CT molecular complexity index is 510. The number of hydrazine groups is 1. The molecule has 0 spiro atoms. The third kappa shape index (κ3) is 1.99. The lowest BCUT2D eigenvalue weighted by Crippen LogP contribution is -2.31. The summed E-state index contributed by atoms with van der Waals surface area (Å²) in [5.74, 6) is 5.64. The molecule has 1 unspecified atom stereocenters. The molecule has 2 rings (SSSR count). The molecule has 3 N–H and O–H groups in total. The van der Waals surface area contributed by atoms with Crippen molar-refractivity contribution in [2.75, 3.05) is 0 Å². The smallest absolute Gasteiger partial charge is 0.153 e. The van der Waals surface area contributed by atoms with Crippen LogP contribution in [0.3, 0.4) is 0 Å². The third-order valence-corrected chi connectivity index (χ3v) is 3.42. The van der Waals surface area contributed by atoms with E-state index in [0.29, 0.717) is 4.60 Å². The monoisotopic (exact) mass is 299 g/mol. The molecular formula is C9H14BrN7. The quantitative estimate of drug-likeness (QED) is 0.623. The van der Waals surface area contributed by atoms with Crippen LogP contribution in [0.4, 0.5) is 0 Å². The van der Waals surface area contributed by atoms with E-state index >= 15 is 0 Å². The molecule has 0 amide bonds. The van der Waals surface area contributed by atoms with Gasteiger partial charge < -0.3 is 0 Å². The predicted octanol–water partition coefficient (Wildman–Crippen LogP) is 0.172. The summed E-state index contributed by atoms with van der Waals surface area (Å²) in [6, 6.07) is -0.196. The van der Waals surface area contributed by atoms with Gasteiger partial charge in [0.05, 0.1) is 17.9 Å². The molecular weight excluding hydrogens is 286 g/mol. The van der Waals surface area contributed by atoms with Gasteiger partial charge in [0.15, 0.2) is 4.60 Å². The number of rotatable bonds is 3. The van der Waals surface area contributed by atoms with Gasteiger partial charge in [0.1, 0.15) is 0 Å². The Morgan fingerprint density at radius 2 is 2.12 bits per heavy atom. The van der Waals surface area contributed by atoms with E-state index in [4.69, 9.17) is 5.84 Å². The summed E-state index contributed by atoms with van der Waals surface area (Å²) < 4.78 is 4.16. The highest BCUT2D eigenvalue weighted by Crippen LogP contribution is 2.27. The fourth-order valence-corrected chi connectivity index (χ4v) is 2.32. The third-order valence-electron chi connectivity index (χ3n) is 2.85. The lowest BCUT2D eigenvalue weighted by molar-refractivity contribution is 0.566. The molecule has 17 heavy (non-hydrogen) atoms. The topological polar surface area (TPSA) is 86.6 Å². The first-order valence-corrected chi connectivity index (χ1v) is 5.85. The summed E-state index contributed by atoms with van der Waals surface area (Å²) in [5.41, 5.74) is 5.68. The Hall–Kier alpha value is -1.25. The number of aryl methyl sites for hydroxylation is 2. The van der Waals surface area contributed by atoms with E-state index in [-0.39, 0.29) is 6.04 Å². The molecule has 0 fully saturated rings. The minimum absolute atomic E-state index is 0.196. The summed E-state index contributed by atoms with van der Waals surface area (Å²) in [6.07, 6.45) is 1.79. The van der Waals surface area contributed by atoms with Crippen molar-refractivity contribution in [3.05, 3.63) is 27.8 Å². The van der Waals surface area contributed by atoms with E-state index in [2.05, 4.69) is 36.8 Å². The van der Waals surface area contributed by atoms with Crippen molar-refractivity contribution in [2.45, 2.75) is 13.0 Å². The average molecular weight is 300 g/mol. The Morgan fingerprint density at radius 1 is 1.41 bits per heavy atom. The van der Waals surface area contributed by atoms with Gasteiger partial charge in [-0.15, -0.1) is 5.10 Å². The van der Waals surface area contributed by atoms with Crippen LogP contribution in [-0.4, -0.2) is 24.8 Å². The second-order valence-corrected chi connectivity index (χ2v) is 4.55. The van der Waals surface area contributed by atoms with E-state index < -0.39 is 0 Å². The zero-order valence-corrected chi connectivity index (χ0v) is 11.4. The minimum Gasteiger partial charge on any atom is -0.273 e. The average Bonchev–Trinajstić information content (AvgIpc) is 2.79. The molecule has 0 saturated heterocycles. The maximum Gasteiger partial charge on any atom is 0.153 e. The predicted molar refractivity (Wildman–Crippen MR) is 65.8 cm³/mol. The normalized spacial score (nSPS) is 13.0. The van der Waals surface area contributed by atoms with Crippen LogP contribution in [0.5, 0.6) is 0 Å². The molecule has 1 atom stereocenters. The van der Waals surface area contributed by atoms with Crippen molar-refractivity contribution >= 4 is 15.9 Å². The summed E-state index contributed by atoms with van der Waals surface area (Å²) >= 11 is 3.37. The van der Waals surface area contributed by atoms with E-state index in [1.165, 1.54) is 0 Å². The van der Waals surface area contributed by atoms with Crippen LogP contribution >= 0.6 is 15.9 Å². The van der Waals surface area contributed by atoms with Crippen LogP contribution in [0.1, 0.15) is 23.0 Å². The molecule has 0 saturated carbocycles. The Labute approximate surface area is 107 Å². The van der Waals surface area contributed by atoms with Gasteiger partial charge in [-0.1, -0.05) is 5.21 Å². The number of nitrogens with zero attached hydrogens (tertiary/aromatic N) is 5. The van der Waals surface area contributed by atoms with Crippen LogP contribution in [0.2, 0.25) is 0 Å². The van der Waals surface area contributed by atoms with Crippen LogP contribution in [0, 0.1) is 6.92 Å². The zero-order chi connectivity index (χ0) is 12.6. The summed E-state index contributed by atoms with van der Waals surface area (Å²) in [5, 5.41) is 12.1. The summed E-state index contributed by atoms with van der Waals surface area (Å²) in [6.45, 7) is 1.99. The number of hydrogen-bond acceptors (Lipinski definition) is 5. The van der Waals surface area contributed by atoms with Crippen molar-refractivity contribution in [3.8, 4) is 0 Å². The zero-order valence-electron chi connectivity index (χ0n) is 9.85. The van der Waals surface area contributed by atoms with Crippen LogP contribution in [-0.2, 0) is 14.1 Å². The highest BCUT2D eigenvalue weighted by atomic mass is 79.9. The second kappa shape index (κ2) is 4.55. The van der Waals surface area contributed by atoms with Crippen LogP contribution < -0.4 is 11.3 Å². The van der Waals surface area contributed by atoms with Crippen molar-refractivity contribution in [1.29, 1.82) is 0 Å². The summed E-state index contributed by atoms with van der Waals surface area (Å²) in [7, 11) is 3.71. The van der Waals surface area contributed by atoms with E-state index in [9.17, 15) is 0 Å². The lowest BCUT2D eigenvalue weighted by atomic mass is 10.1. The first kappa shape index (κ1) is 12.2. The van der Waals surface area contributed by atoms with Gasteiger partial charge in [-0.2, -0.15) is 5.10 Å².